The second-order valence-corrected chi connectivity index (χ2v) is 3.93. The lowest BCUT2D eigenvalue weighted by molar-refractivity contribution is 0.174. The van der Waals surface area contributed by atoms with E-state index in [2.05, 4.69) is 15.5 Å². The molecule has 2 rings (SSSR count). The highest BCUT2D eigenvalue weighted by Gasteiger charge is 2.17. The van der Waals surface area contributed by atoms with Crippen LogP contribution in [0, 0.1) is 5.92 Å². The molecule has 0 spiro atoms. The van der Waals surface area contributed by atoms with E-state index in [1.54, 1.807) is 7.11 Å². The van der Waals surface area contributed by atoms with E-state index < -0.39 is 0 Å². The summed E-state index contributed by atoms with van der Waals surface area (Å²) in [5.74, 6) is 2.07. The first kappa shape index (κ1) is 10.6. The zero-order valence-electron chi connectivity index (χ0n) is 9.03. The van der Waals surface area contributed by atoms with Crippen molar-refractivity contribution in [3.8, 4) is 0 Å². The smallest absolute Gasteiger partial charge is 0.227 e. The summed E-state index contributed by atoms with van der Waals surface area (Å²) in [6.45, 7) is 2.63. The lowest BCUT2D eigenvalue weighted by Gasteiger charge is -2.20. The number of piperidine rings is 1. The van der Waals surface area contributed by atoms with Gasteiger partial charge in [0, 0.05) is 13.5 Å². The van der Waals surface area contributed by atoms with Crippen LogP contribution in [0.3, 0.4) is 0 Å². The molecular weight excluding hydrogens is 194 g/mol. The highest BCUT2D eigenvalue weighted by Crippen LogP contribution is 2.16. The fourth-order valence-electron chi connectivity index (χ4n) is 1.89. The van der Waals surface area contributed by atoms with Crippen LogP contribution < -0.4 is 5.32 Å². The summed E-state index contributed by atoms with van der Waals surface area (Å²) in [5.41, 5.74) is 0. The molecule has 1 N–H and O–H groups in total. The first-order chi connectivity index (χ1) is 7.38. The number of hydrogen-bond donors (Lipinski definition) is 1. The number of methoxy groups -OCH3 is 1. The number of nitrogens with zero attached hydrogens (tertiary/aromatic N) is 2. The lowest BCUT2D eigenvalue weighted by atomic mass is 9.95. The van der Waals surface area contributed by atoms with Gasteiger partial charge in [-0.2, -0.15) is 4.98 Å². The third-order valence-corrected chi connectivity index (χ3v) is 2.71. The maximum absolute atomic E-state index is 5.16. The number of rotatable bonds is 4. The second-order valence-electron chi connectivity index (χ2n) is 3.93. The van der Waals surface area contributed by atoms with E-state index in [4.69, 9.17) is 9.26 Å². The van der Waals surface area contributed by atoms with E-state index in [-0.39, 0.29) is 0 Å². The van der Waals surface area contributed by atoms with Gasteiger partial charge in [0.25, 0.3) is 0 Å². The van der Waals surface area contributed by atoms with E-state index in [0.29, 0.717) is 18.3 Å². The number of hydrogen-bond acceptors (Lipinski definition) is 5. The SMILES string of the molecule is COCc1noc(CC2CCNCC2)n1. The van der Waals surface area contributed by atoms with Gasteiger partial charge in [-0.15, -0.1) is 0 Å². The van der Waals surface area contributed by atoms with Gasteiger partial charge in [-0.25, -0.2) is 0 Å². The molecule has 0 unspecified atom stereocenters. The van der Waals surface area contributed by atoms with Crippen molar-refractivity contribution in [2.24, 2.45) is 5.92 Å². The van der Waals surface area contributed by atoms with Crippen molar-refractivity contribution in [2.45, 2.75) is 25.9 Å². The van der Waals surface area contributed by atoms with Crippen molar-refractivity contribution in [3.05, 3.63) is 11.7 Å². The van der Waals surface area contributed by atoms with Crippen molar-refractivity contribution in [1.82, 2.24) is 15.5 Å². The molecule has 0 aromatic carbocycles. The standard InChI is InChI=1S/C10H17N3O2/c1-14-7-9-12-10(15-13-9)6-8-2-4-11-5-3-8/h8,11H,2-7H2,1H3. The molecule has 5 heteroatoms. The van der Waals surface area contributed by atoms with Gasteiger partial charge in [0.2, 0.25) is 5.89 Å². The molecule has 1 aliphatic heterocycles. The molecule has 1 saturated heterocycles. The van der Waals surface area contributed by atoms with Crippen LogP contribution in [-0.4, -0.2) is 30.3 Å². The Kier molecular flexibility index (Phi) is 3.69. The normalized spacial score (nSPS) is 18.2. The van der Waals surface area contributed by atoms with E-state index in [0.717, 1.165) is 25.4 Å². The minimum Gasteiger partial charge on any atom is -0.377 e. The molecule has 2 heterocycles. The third-order valence-electron chi connectivity index (χ3n) is 2.71. The van der Waals surface area contributed by atoms with Crippen LogP contribution in [0.2, 0.25) is 0 Å². The first-order valence-corrected chi connectivity index (χ1v) is 5.39. The predicted octanol–water partition coefficient (Wildman–Crippen LogP) is 0.758. The summed E-state index contributed by atoms with van der Waals surface area (Å²) < 4.78 is 10.1. The minimum atomic E-state index is 0.426. The molecule has 84 valence electrons. The fraction of sp³-hybridized carbons (Fsp3) is 0.800. The molecule has 15 heavy (non-hydrogen) atoms. The molecule has 0 radical (unpaired) electrons. The Morgan fingerprint density at radius 2 is 2.27 bits per heavy atom. The van der Waals surface area contributed by atoms with E-state index in [1.807, 2.05) is 0 Å². The van der Waals surface area contributed by atoms with Gasteiger partial charge < -0.3 is 14.6 Å². The molecule has 1 fully saturated rings. The van der Waals surface area contributed by atoms with E-state index in [1.165, 1.54) is 12.8 Å². The van der Waals surface area contributed by atoms with Crippen LogP contribution in [-0.2, 0) is 17.8 Å². The molecule has 1 aromatic rings. The second kappa shape index (κ2) is 5.23. The molecule has 1 aromatic heterocycles. The molecule has 5 nitrogen and oxygen atoms in total. The summed E-state index contributed by atoms with van der Waals surface area (Å²) in [6, 6.07) is 0. The Hall–Kier alpha value is -0.940. The van der Waals surface area contributed by atoms with Gasteiger partial charge >= 0.3 is 0 Å². The van der Waals surface area contributed by atoms with E-state index >= 15 is 0 Å². The zero-order valence-corrected chi connectivity index (χ0v) is 9.03. The van der Waals surface area contributed by atoms with Crippen LogP contribution in [0.5, 0.6) is 0 Å². The van der Waals surface area contributed by atoms with Crippen LogP contribution in [0.4, 0.5) is 0 Å². The largest absolute Gasteiger partial charge is 0.377 e. The quantitative estimate of drug-likeness (QED) is 0.796. The summed E-state index contributed by atoms with van der Waals surface area (Å²) in [7, 11) is 1.63. The Morgan fingerprint density at radius 1 is 1.47 bits per heavy atom. The zero-order chi connectivity index (χ0) is 10.5. The van der Waals surface area contributed by atoms with Crippen molar-refractivity contribution in [3.63, 3.8) is 0 Å². The lowest BCUT2D eigenvalue weighted by Crippen LogP contribution is -2.28. The summed E-state index contributed by atoms with van der Waals surface area (Å²) in [6.07, 6.45) is 3.29. The molecule has 1 aliphatic rings. The predicted molar refractivity (Wildman–Crippen MR) is 54.3 cm³/mol. The maximum atomic E-state index is 5.16. The van der Waals surface area contributed by atoms with Crippen LogP contribution in [0.15, 0.2) is 4.52 Å². The number of nitrogens with one attached hydrogen (secondary N) is 1. The van der Waals surface area contributed by atoms with Gasteiger partial charge in [-0.1, -0.05) is 5.16 Å². The minimum absolute atomic E-state index is 0.426. The molecule has 0 amide bonds. The molecule has 0 saturated carbocycles. The molecular formula is C10H17N3O2. The van der Waals surface area contributed by atoms with Gasteiger partial charge in [-0.3, -0.25) is 0 Å². The van der Waals surface area contributed by atoms with Crippen molar-refractivity contribution in [1.29, 1.82) is 0 Å². The summed E-state index contributed by atoms with van der Waals surface area (Å²) >= 11 is 0. The Balaban J connectivity index is 1.86. The van der Waals surface area contributed by atoms with Crippen molar-refractivity contribution in [2.75, 3.05) is 20.2 Å². The summed E-state index contributed by atoms with van der Waals surface area (Å²) in [4.78, 5) is 4.27. The van der Waals surface area contributed by atoms with Crippen LogP contribution in [0.25, 0.3) is 0 Å². The van der Waals surface area contributed by atoms with Crippen LogP contribution >= 0.6 is 0 Å². The van der Waals surface area contributed by atoms with Crippen LogP contribution in [0.1, 0.15) is 24.6 Å². The number of ether oxygens (including phenoxy) is 1. The van der Waals surface area contributed by atoms with Gasteiger partial charge in [0.05, 0.1) is 0 Å². The van der Waals surface area contributed by atoms with Crippen molar-refractivity contribution < 1.29 is 9.26 Å². The molecule has 0 bridgehead atoms. The first-order valence-electron chi connectivity index (χ1n) is 5.39. The van der Waals surface area contributed by atoms with E-state index in [9.17, 15) is 0 Å². The van der Waals surface area contributed by atoms with Gasteiger partial charge in [0.15, 0.2) is 5.82 Å². The number of aromatic nitrogens is 2. The van der Waals surface area contributed by atoms with Crippen molar-refractivity contribution >= 4 is 0 Å². The third kappa shape index (κ3) is 3.00. The Morgan fingerprint density at radius 3 is 3.00 bits per heavy atom. The average Bonchev–Trinajstić information content (AvgIpc) is 2.68. The Labute approximate surface area is 89.2 Å². The van der Waals surface area contributed by atoms with Gasteiger partial charge in [-0.05, 0) is 31.8 Å². The monoisotopic (exact) mass is 211 g/mol. The average molecular weight is 211 g/mol. The maximum Gasteiger partial charge on any atom is 0.227 e. The van der Waals surface area contributed by atoms with Gasteiger partial charge in [0.1, 0.15) is 6.61 Å². The summed E-state index contributed by atoms with van der Waals surface area (Å²) in [5, 5.41) is 7.18. The molecule has 0 atom stereocenters. The fourth-order valence-corrected chi connectivity index (χ4v) is 1.89. The Bertz CT molecular complexity index is 295. The highest BCUT2D eigenvalue weighted by molar-refractivity contribution is 4.87. The highest BCUT2D eigenvalue weighted by atomic mass is 16.5. The molecule has 0 aliphatic carbocycles. The topological polar surface area (TPSA) is 60.2 Å².